The van der Waals surface area contributed by atoms with E-state index in [1.165, 1.54) is 0 Å². The van der Waals surface area contributed by atoms with Crippen LogP contribution in [0.3, 0.4) is 0 Å². The van der Waals surface area contributed by atoms with Crippen molar-refractivity contribution in [2.45, 2.75) is 43.9 Å². The molecule has 0 saturated heterocycles. The molecule has 3 nitrogen and oxygen atoms in total. The number of hydrogen-bond donors (Lipinski definition) is 2. The minimum atomic E-state index is -6.94. The summed E-state index contributed by atoms with van der Waals surface area (Å²) < 4.78 is 108. The summed E-state index contributed by atoms with van der Waals surface area (Å²) in [7, 11) is 0. The van der Waals surface area contributed by atoms with Crippen LogP contribution in [0.15, 0.2) is 0 Å². The SMILES string of the molecule is CC(=O)O.CC(O)C(F)(F)C(F)(F)C(F)(F)C(F)(F)F. The number of carboxylic acids is 1. The fraction of sp³-hybridized carbons (Fsp3) is 0.875. The van der Waals surface area contributed by atoms with Gasteiger partial charge in [-0.15, -0.1) is 0 Å². The van der Waals surface area contributed by atoms with E-state index in [0.717, 1.165) is 6.92 Å². The number of carboxylic acid groups (broad SMARTS) is 1. The van der Waals surface area contributed by atoms with Crippen LogP contribution >= 0.6 is 0 Å². The third-order valence-corrected chi connectivity index (χ3v) is 1.69. The Hall–Kier alpha value is -1.20. The summed E-state index contributed by atoms with van der Waals surface area (Å²) in [6.45, 7) is 1.06. The Kier molecular flexibility index (Phi) is 6.39. The molecule has 20 heavy (non-hydrogen) atoms. The molecule has 0 aromatic rings. The first-order valence-electron chi connectivity index (χ1n) is 4.50. The maximum Gasteiger partial charge on any atom is 0.460 e. The summed E-state index contributed by atoms with van der Waals surface area (Å²) in [5.74, 6) is -20.4. The van der Waals surface area contributed by atoms with Crippen LogP contribution in [0.1, 0.15) is 13.8 Å². The van der Waals surface area contributed by atoms with E-state index >= 15 is 0 Å². The van der Waals surface area contributed by atoms with Gasteiger partial charge in [-0.1, -0.05) is 0 Å². The topological polar surface area (TPSA) is 57.5 Å². The number of rotatable bonds is 3. The number of aliphatic carboxylic acids is 1. The van der Waals surface area contributed by atoms with Gasteiger partial charge >= 0.3 is 23.9 Å². The van der Waals surface area contributed by atoms with Gasteiger partial charge in [-0.3, -0.25) is 4.79 Å². The van der Waals surface area contributed by atoms with Crippen molar-refractivity contribution in [3.05, 3.63) is 0 Å². The van der Waals surface area contributed by atoms with Crippen LogP contribution in [-0.4, -0.2) is 46.2 Å². The first-order valence-corrected chi connectivity index (χ1v) is 4.50. The molecule has 0 heterocycles. The van der Waals surface area contributed by atoms with Gasteiger partial charge in [0, 0.05) is 6.92 Å². The van der Waals surface area contributed by atoms with E-state index in [9.17, 15) is 39.5 Å². The van der Waals surface area contributed by atoms with Crippen molar-refractivity contribution >= 4 is 5.97 Å². The minimum Gasteiger partial charge on any atom is -0.481 e. The first kappa shape index (κ1) is 21.1. The number of alkyl halides is 9. The number of aliphatic hydroxyl groups excluding tert-OH is 1. The van der Waals surface area contributed by atoms with Crippen LogP contribution in [0.4, 0.5) is 39.5 Å². The second kappa shape index (κ2) is 6.06. The molecule has 2 N–H and O–H groups in total. The molecule has 12 heteroatoms. The van der Waals surface area contributed by atoms with Gasteiger partial charge in [-0.25, -0.2) is 0 Å². The Labute approximate surface area is 106 Å². The summed E-state index contributed by atoms with van der Waals surface area (Å²) in [5.41, 5.74) is 0. The molecule has 0 amide bonds. The molecular weight excluding hydrogens is 315 g/mol. The van der Waals surface area contributed by atoms with Crippen LogP contribution < -0.4 is 0 Å². The monoisotopic (exact) mass is 324 g/mol. The van der Waals surface area contributed by atoms with E-state index in [1.54, 1.807) is 0 Å². The molecule has 0 rings (SSSR count). The summed E-state index contributed by atoms with van der Waals surface area (Å²) in [6, 6.07) is 0. The average molecular weight is 324 g/mol. The van der Waals surface area contributed by atoms with Gasteiger partial charge in [-0.2, -0.15) is 39.5 Å². The Bertz CT molecular complexity index is 331. The van der Waals surface area contributed by atoms with E-state index in [2.05, 4.69) is 0 Å². The molecule has 122 valence electrons. The molecule has 1 atom stereocenters. The molecule has 0 fully saturated rings. The van der Waals surface area contributed by atoms with Gasteiger partial charge in [0.05, 0.1) is 0 Å². The third kappa shape index (κ3) is 4.15. The molecule has 0 aromatic carbocycles. The molecule has 0 aliphatic carbocycles. The van der Waals surface area contributed by atoms with Crippen molar-refractivity contribution in [2.75, 3.05) is 0 Å². The molecule has 1 unspecified atom stereocenters. The number of hydrogen-bond acceptors (Lipinski definition) is 2. The highest BCUT2D eigenvalue weighted by Gasteiger charge is 2.82. The summed E-state index contributed by atoms with van der Waals surface area (Å²) in [5, 5.41) is 15.5. The highest BCUT2D eigenvalue weighted by atomic mass is 19.4. The summed E-state index contributed by atoms with van der Waals surface area (Å²) in [4.78, 5) is 9.00. The Morgan fingerprint density at radius 1 is 0.900 bits per heavy atom. The molecular formula is C8H9F9O3. The van der Waals surface area contributed by atoms with E-state index in [0.29, 0.717) is 0 Å². The largest absolute Gasteiger partial charge is 0.481 e. The van der Waals surface area contributed by atoms with Crippen LogP contribution in [0, 0.1) is 0 Å². The van der Waals surface area contributed by atoms with Crippen LogP contribution in [0.2, 0.25) is 0 Å². The van der Waals surface area contributed by atoms with E-state index in [4.69, 9.17) is 15.0 Å². The van der Waals surface area contributed by atoms with Crippen molar-refractivity contribution in [3.63, 3.8) is 0 Å². The average Bonchev–Trinajstić information content (AvgIpc) is 2.13. The minimum absolute atomic E-state index is 0.0274. The molecule has 0 saturated carbocycles. The predicted octanol–water partition coefficient (Wildman–Crippen LogP) is 2.93. The van der Waals surface area contributed by atoms with Crippen LogP contribution in [-0.2, 0) is 4.79 Å². The number of aliphatic hydroxyl groups is 1. The molecule has 0 bridgehead atoms. The second-order valence-electron chi connectivity index (χ2n) is 3.46. The van der Waals surface area contributed by atoms with Crippen LogP contribution in [0.25, 0.3) is 0 Å². The standard InChI is InChI=1S/C6H5F9O.C2H4O2/c1-2(16)3(7,8)4(9,10)5(11,12)6(13,14)15;1-2(3)4/h2,16H,1H3;1H3,(H,3,4). The van der Waals surface area contributed by atoms with E-state index in [1.807, 2.05) is 0 Å². The lowest BCUT2D eigenvalue weighted by Crippen LogP contribution is -2.63. The van der Waals surface area contributed by atoms with E-state index in [-0.39, 0.29) is 6.92 Å². The smallest absolute Gasteiger partial charge is 0.460 e. The highest BCUT2D eigenvalue weighted by Crippen LogP contribution is 2.53. The van der Waals surface area contributed by atoms with Crippen molar-refractivity contribution in [1.82, 2.24) is 0 Å². The van der Waals surface area contributed by atoms with Gasteiger partial charge in [-0.05, 0) is 6.92 Å². The van der Waals surface area contributed by atoms with Crippen LogP contribution in [0.5, 0.6) is 0 Å². The van der Waals surface area contributed by atoms with Gasteiger partial charge in [0.25, 0.3) is 5.97 Å². The van der Waals surface area contributed by atoms with Crippen molar-refractivity contribution in [1.29, 1.82) is 0 Å². The number of carbonyl (C=O) groups is 1. The first-order chi connectivity index (χ1) is 8.43. The molecule has 0 aliphatic rings. The number of halogens is 9. The van der Waals surface area contributed by atoms with Gasteiger partial charge in [0.15, 0.2) is 0 Å². The van der Waals surface area contributed by atoms with Gasteiger partial charge in [0.1, 0.15) is 6.10 Å². The fourth-order valence-electron chi connectivity index (χ4n) is 0.650. The lowest BCUT2D eigenvalue weighted by Gasteiger charge is -2.34. The predicted molar refractivity (Wildman–Crippen MR) is 45.9 cm³/mol. The Morgan fingerprint density at radius 2 is 1.15 bits per heavy atom. The van der Waals surface area contributed by atoms with E-state index < -0.39 is 36.0 Å². The fourth-order valence-corrected chi connectivity index (χ4v) is 0.650. The molecule has 0 aromatic heterocycles. The quantitative estimate of drug-likeness (QED) is 0.785. The van der Waals surface area contributed by atoms with Gasteiger partial charge in [0.2, 0.25) is 0 Å². The maximum absolute atomic E-state index is 12.4. The summed E-state index contributed by atoms with van der Waals surface area (Å²) in [6.07, 6.45) is -10.2. The molecule has 0 radical (unpaired) electrons. The van der Waals surface area contributed by atoms with Crippen molar-refractivity contribution in [3.8, 4) is 0 Å². The zero-order valence-corrected chi connectivity index (χ0v) is 9.78. The highest BCUT2D eigenvalue weighted by molar-refractivity contribution is 5.62. The lowest BCUT2D eigenvalue weighted by molar-refractivity contribution is -0.404. The maximum atomic E-state index is 12.4. The third-order valence-electron chi connectivity index (χ3n) is 1.69. The normalized spacial score (nSPS) is 15.2. The molecule has 0 aliphatic heterocycles. The van der Waals surface area contributed by atoms with Gasteiger partial charge < -0.3 is 10.2 Å². The Morgan fingerprint density at radius 3 is 1.30 bits per heavy atom. The Balaban J connectivity index is 0. The van der Waals surface area contributed by atoms with Crippen molar-refractivity contribution in [2.24, 2.45) is 0 Å². The zero-order chi connectivity index (χ0) is 17.2. The summed E-state index contributed by atoms with van der Waals surface area (Å²) >= 11 is 0. The van der Waals surface area contributed by atoms with Crippen molar-refractivity contribution < 1.29 is 54.5 Å². The molecule has 0 spiro atoms. The zero-order valence-electron chi connectivity index (χ0n) is 9.78. The second-order valence-corrected chi connectivity index (χ2v) is 3.46. The lowest BCUT2D eigenvalue weighted by atomic mass is 10.00.